The van der Waals surface area contributed by atoms with Crippen molar-refractivity contribution in [2.45, 2.75) is 26.4 Å². The number of anilines is 1. The summed E-state index contributed by atoms with van der Waals surface area (Å²) in [5.41, 5.74) is 1.82. The van der Waals surface area contributed by atoms with Crippen LogP contribution in [-0.2, 0) is 11.3 Å². The zero-order chi connectivity index (χ0) is 19.1. The SMILES string of the molecule is CCOc1ccc(CN(C)[C@H](C)C(=O)Nc2cccc(Br)c2)cc1OC. The summed E-state index contributed by atoms with van der Waals surface area (Å²) in [6.45, 7) is 5.03. The number of likely N-dealkylation sites (N-methyl/N-ethyl adjacent to an activating group) is 1. The fourth-order valence-corrected chi connectivity index (χ4v) is 2.92. The van der Waals surface area contributed by atoms with Crippen molar-refractivity contribution >= 4 is 27.5 Å². The highest BCUT2D eigenvalue weighted by atomic mass is 79.9. The lowest BCUT2D eigenvalue weighted by molar-refractivity contribution is -0.120. The number of halogens is 1. The second kappa shape index (κ2) is 9.59. The molecule has 140 valence electrons. The van der Waals surface area contributed by atoms with Gasteiger partial charge in [0.05, 0.1) is 19.8 Å². The van der Waals surface area contributed by atoms with Gasteiger partial charge in [0.2, 0.25) is 5.91 Å². The van der Waals surface area contributed by atoms with Crippen molar-refractivity contribution < 1.29 is 14.3 Å². The van der Waals surface area contributed by atoms with Crippen molar-refractivity contribution in [2.24, 2.45) is 0 Å². The molecule has 0 aliphatic rings. The van der Waals surface area contributed by atoms with Crippen LogP contribution in [0.5, 0.6) is 11.5 Å². The molecule has 0 heterocycles. The maximum absolute atomic E-state index is 12.5. The normalized spacial score (nSPS) is 11.9. The molecular weight excluding hydrogens is 396 g/mol. The number of carbonyl (C=O) groups is 1. The number of rotatable bonds is 8. The van der Waals surface area contributed by atoms with E-state index in [0.29, 0.717) is 18.9 Å². The van der Waals surface area contributed by atoms with Gasteiger partial charge in [0.15, 0.2) is 11.5 Å². The van der Waals surface area contributed by atoms with E-state index in [2.05, 4.69) is 21.2 Å². The third-order valence-electron chi connectivity index (χ3n) is 4.09. The van der Waals surface area contributed by atoms with Crippen LogP contribution in [0.25, 0.3) is 0 Å². The van der Waals surface area contributed by atoms with Crippen molar-refractivity contribution in [1.29, 1.82) is 0 Å². The van der Waals surface area contributed by atoms with Gasteiger partial charge >= 0.3 is 0 Å². The van der Waals surface area contributed by atoms with Crippen LogP contribution in [0.2, 0.25) is 0 Å². The average molecular weight is 421 g/mol. The van der Waals surface area contributed by atoms with Gasteiger partial charge < -0.3 is 14.8 Å². The fraction of sp³-hybridized carbons (Fsp3) is 0.350. The highest BCUT2D eigenvalue weighted by molar-refractivity contribution is 9.10. The maximum Gasteiger partial charge on any atom is 0.241 e. The molecule has 1 N–H and O–H groups in total. The van der Waals surface area contributed by atoms with Gasteiger partial charge in [0, 0.05) is 16.7 Å². The molecule has 2 aromatic carbocycles. The van der Waals surface area contributed by atoms with E-state index in [0.717, 1.165) is 21.5 Å². The van der Waals surface area contributed by atoms with Gasteiger partial charge in [-0.15, -0.1) is 0 Å². The van der Waals surface area contributed by atoms with Crippen molar-refractivity contribution in [3.8, 4) is 11.5 Å². The summed E-state index contributed by atoms with van der Waals surface area (Å²) in [5, 5.41) is 2.94. The number of hydrogen-bond donors (Lipinski definition) is 1. The summed E-state index contributed by atoms with van der Waals surface area (Å²) in [4.78, 5) is 14.5. The monoisotopic (exact) mass is 420 g/mol. The van der Waals surface area contributed by atoms with Crippen molar-refractivity contribution in [1.82, 2.24) is 4.90 Å². The highest BCUT2D eigenvalue weighted by Gasteiger charge is 2.19. The molecule has 0 radical (unpaired) electrons. The van der Waals surface area contributed by atoms with Crippen molar-refractivity contribution in [3.63, 3.8) is 0 Å². The fourth-order valence-electron chi connectivity index (χ4n) is 2.52. The zero-order valence-electron chi connectivity index (χ0n) is 15.6. The second-order valence-electron chi connectivity index (χ2n) is 6.01. The molecule has 0 bridgehead atoms. The Balaban J connectivity index is 2.01. The van der Waals surface area contributed by atoms with Crippen LogP contribution >= 0.6 is 15.9 Å². The third-order valence-corrected chi connectivity index (χ3v) is 4.59. The number of carbonyl (C=O) groups excluding carboxylic acids is 1. The van der Waals surface area contributed by atoms with Crippen LogP contribution < -0.4 is 14.8 Å². The van der Waals surface area contributed by atoms with Crippen LogP contribution in [-0.4, -0.2) is 37.6 Å². The number of hydrogen-bond acceptors (Lipinski definition) is 4. The van der Waals surface area contributed by atoms with Crippen LogP contribution in [0.15, 0.2) is 46.9 Å². The lowest BCUT2D eigenvalue weighted by atomic mass is 10.1. The highest BCUT2D eigenvalue weighted by Crippen LogP contribution is 2.28. The van der Waals surface area contributed by atoms with Gasteiger partial charge in [-0.2, -0.15) is 0 Å². The molecule has 0 aliphatic carbocycles. The average Bonchev–Trinajstić information content (AvgIpc) is 2.62. The first-order valence-corrected chi connectivity index (χ1v) is 9.30. The number of benzene rings is 2. The number of ether oxygens (including phenoxy) is 2. The van der Waals surface area contributed by atoms with E-state index in [-0.39, 0.29) is 11.9 Å². The van der Waals surface area contributed by atoms with Crippen LogP contribution in [0.3, 0.4) is 0 Å². The Hall–Kier alpha value is -2.05. The molecule has 0 spiro atoms. The Morgan fingerprint density at radius 3 is 2.65 bits per heavy atom. The van der Waals surface area contributed by atoms with Crippen LogP contribution in [0.1, 0.15) is 19.4 Å². The minimum absolute atomic E-state index is 0.0523. The van der Waals surface area contributed by atoms with E-state index in [1.807, 2.05) is 68.3 Å². The molecule has 2 rings (SSSR count). The van der Waals surface area contributed by atoms with Crippen molar-refractivity contribution in [3.05, 3.63) is 52.5 Å². The van der Waals surface area contributed by atoms with E-state index in [4.69, 9.17) is 9.47 Å². The molecule has 2 aromatic rings. The first kappa shape index (κ1) is 20.3. The minimum atomic E-state index is -0.286. The summed E-state index contributed by atoms with van der Waals surface area (Å²) in [6, 6.07) is 13.1. The third kappa shape index (κ3) is 5.47. The molecule has 0 aliphatic heterocycles. The van der Waals surface area contributed by atoms with Gasteiger partial charge in [-0.25, -0.2) is 0 Å². The molecule has 0 aromatic heterocycles. The van der Waals surface area contributed by atoms with Crippen LogP contribution in [0, 0.1) is 0 Å². The summed E-state index contributed by atoms with van der Waals surface area (Å²) >= 11 is 3.41. The standard InChI is InChI=1S/C20H25BrN2O3/c1-5-26-18-10-9-15(11-19(18)25-4)13-23(3)14(2)20(24)22-17-8-6-7-16(21)12-17/h6-12,14H,5,13H2,1-4H3,(H,22,24)/t14-/m1/s1. The molecule has 6 heteroatoms. The minimum Gasteiger partial charge on any atom is -0.493 e. The Labute approximate surface area is 163 Å². The van der Waals surface area contributed by atoms with E-state index < -0.39 is 0 Å². The quantitative estimate of drug-likeness (QED) is 0.690. The zero-order valence-corrected chi connectivity index (χ0v) is 17.2. The molecule has 0 saturated heterocycles. The summed E-state index contributed by atoms with van der Waals surface area (Å²) in [7, 11) is 3.55. The van der Waals surface area contributed by atoms with Crippen molar-refractivity contribution in [2.75, 3.05) is 26.1 Å². The second-order valence-corrected chi connectivity index (χ2v) is 6.92. The van der Waals surface area contributed by atoms with Gasteiger partial charge in [0.25, 0.3) is 0 Å². The summed E-state index contributed by atoms with van der Waals surface area (Å²) in [5.74, 6) is 1.37. The number of nitrogens with one attached hydrogen (secondary N) is 1. The summed E-state index contributed by atoms with van der Waals surface area (Å²) in [6.07, 6.45) is 0. The first-order chi connectivity index (χ1) is 12.4. The molecular formula is C20H25BrN2O3. The summed E-state index contributed by atoms with van der Waals surface area (Å²) < 4.78 is 11.9. The molecule has 1 amide bonds. The van der Waals surface area contributed by atoms with Gasteiger partial charge in [-0.05, 0) is 56.8 Å². The molecule has 1 atom stereocenters. The molecule has 0 saturated carbocycles. The van der Waals surface area contributed by atoms with E-state index in [9.17, 15) is 4.79 Å². The number of methoxy groups -OCH3 is 1. The molecule has 0 fully saturated rings. The smallest absolute Gasteiger partial charge is 0.241 e. The topological polar surface area (TPSA) is 50.8 Å². The first-order valence-electron chi connectivity index (χ1n) is 8.51. The van der Waals surface area contributed by atoms with Gasteiger partial charge in [0.1, 0.15) is 0 Å². The van der Waals surface area contributed by atoms with Gasteiger partial charge in [-0.1, -0.05) is 28.1 Å². The largest absolute Gasteiger partial charge is 0.493 e. The van der Waals surface area contributed by atoms with E-state index >= 15 is 0 Å². The predicted octanol–water partition coefficient (Wildman–Crippen LogP) is 4.32. The van der Waals surface area contributed by atoms with E-state index in [1.54, 1.807) is 7.11 Å². The Morgan fingerprint density at radius 2 is 2.00 bits per heavy atom. The Kier molecular flexibility index (Phi) is 7.48. The van der Waals surface area contributed by atoms with Crippen LogP contribution in [0.4, 0.5) is 5.69 Å². The Bertz CT molecular complexity index is 752. The molecule has 0 unspecified atom stereocenters. The molecule has 26 heavy (non-hydrogen) atoms. The lowest BCUT2D eigenvalue weighted by Crippen LogP contribution is -2.39. The lowest BCUT2D eigenvalue weighted by Gasteiger charge is -2.24. The number of nitrogens with zero attached hydrogens (tertiary/aromatic N) is 1. The molecule has 5 nitrogen and oxygen atoms in total. The van der Waals surface area contributed by atoms with Gasteiger partial charge in [-0.3, -0.25) is 9.69 Å². The van der Waals surface area contributed by atoms with E-state index in [1.165, 1.54) is 0 Å². The predicted molar refractivity (Wildman–Crippen MR) is 108 cm³/mol. The number of amides is 1. The maximum atomic E-state index is 12.5. The Morgan fingerprint density at radius 1 is 1.23 bits per heavy atom.